The number of piperidine rings is 1. The second-order valence-corrected chi connectivity index (χ2v) is 7.34. The lowest BCUT2D eigenvalue weighted by Crippen LogP contribution is -2.50. The van der Waals surface area contributed by atoms with Crippen LogP contribution in [0.3, 0.4) is 0 Å². The first kappa shape index (κ1) is 20.2. The minimum Gasteiger partial charge on any atom is -0.354 e. The van der Waals surface area contributed by atoms with E-state index in [1.54, 1.807) is 0 Å². The number of carbonyl (C=O) groups is 3. The molecule has 0 saturated carbocycles. The average molecular weight is 382 g/mol. The van der Waals surface area contributed by atoms with E-state index < -0.39 is 12.1 Å². The van der Waals surface area contributed by atoms with Gasteiger partial charge in [0.15, 0.2) is 0 Å². The van der Waals surface area contributed by atoms with Crippen LogP contribution in [-0.2, 0) is 9.59 Å². The van der Waals surface area contributed by atoms with E-state index in [0.717, 1.165) is 24.1 Å². The van der Waals surface area contributed by atoms with Gasteiger partial charge in [-0.15, -0.1) is 11.3 Å². The number of nitrogens with zero attached hydrogens (tertiary/aromatic N) is 1. The lowest BCUT2D eigenvalue weighted by Gasteiger charge is -2.36. The van der Waals surface area contributed by atoms with E-state index in [1.807, 2.05) is 22.4 Å². The predicted molar refractivity (Wildman–Crippen MR) is 100 cm³/mol. The number of primary amides is 1. The molecule has 0 spiro atoms. The lowest BCUT2D eigenvalue weighted by atomic mass is 10.0. The minimum atomic E-state index is -0.652. The van der Waals surface area contributed by atoms with Crippen molar-refractivity contribution in [2.75, 3.05) is 19.6 Å². The Morgan fingerprint density at radius 3 is 2.81 bits per heavy atom. The van der Waals surface area contributed by atoms with Crippen molar-refractivity contribution >= 4 is 29.2 Å². The van der Waals surface area contributed by atoms with Crippen molar-refractivity contribution < 1.29 is 14.4 Å². The number of likely N-dealkylation sites (tertiary alicyclic amines) is 1. The molecule has 2 atom stereocenters. The summed E-state index contributed by atoms with van der Waals surface area (Å²) in [6.07, 6.45) is 3.24. The molecule has 0 aromatic carbocycles. The molecule has 1 fully saturated rings. The van der Waals surface area contributed by atoms with E-state index in [0.29, 0.717) is 19.6 Å². The number of urea groups is 1. The Labute approximate surface area is 157 Å². The molecule has 8 nitrogen and oxygen atoms in total. The molecule has 0 aliphatic carbocycles. The third-order valence-electron chi connectivity index (χ3n) is 4.44. The summed E-state index contributed by atoms with van der Waals surface area (Å²) in [5.74, 6) is -0.146. The number of carbonyl (C=O) groups excluding carboxylic acids is 3. The van der Waals surface area contributed by atoms with E-state index in [-0.39, 0.29) is 30.7 Å². The minimum absolute atomic E-state index is 0.0319. The number of nitrogens with two attached hydrogens (primary N) is 2. The Morgan fingerprint density at radius 1 is 1.35 bits per heavy atom. The Kier molecular flexibility index (Phi) is 7.86. The van der Waals surface area contributed by atoms with Crippen molar-refractivity contribution in [3.8, 4) is 0 Å². The second-order valence-electron chi connectivity index (χ2n) is 6.36. The van der Waals surface area contributed by atoms with Crippen molar-refractivity contribution in [1.29, 1.82) is 0 Å². The average Bonchev–Trinajstić information content (AvgIpc) is 3.14. The third kappa shape index (κ3) is 5.99. The first-order chi connectivity index (χ1) is 12.5. The van der Waals surface area contributed by atoms with Gasteiger partial charge >= 0.3 is 6.03 Å². The lowest BCUT2D eigenvalue weighted by molar-refractivity contribution is -0.136. The molecule has 4 amide bonds. The molecule has 2 rings (SSSR count). The van der Waals surface area contributed by atoms with Crippen molar-refractivity contribution in [1.82, 2.24) is 15.5 Å². The van der Waals surface area contributed by atoms with Gasteiger partial charge in [-0.3, -0.25) is 9.59 Å². The van der Waals surface area contributed by atoms with Crippen molar-refractivity contribution in [2.45, 2.75) is 44.2 Å². The van der Waals surface area contributed by atoms with Crippen LogP contribution in [0.4, 0.5) is 4.79 Å². The van der Waals surface area contributed by atoms with Crippen LogP contribution in [0.2, 0.25) is 0 Å². The first-order valence-corrected chi connectivity index (χ1v) is 9.74. The number of rotatable bonds is 8. The third-order valence-corrected chi connectivity index (χ3v) is 5.42. The fourth-order valence-electron chi connectivity index (χ4n) is 3.17. The summed E-state index contributed by atoms with van der Waals surface area (Å²) in [4.78, 5) is 38.5. The summed E-state index contributed by atoms with van der Waals surface area (Å²) in [5, 5.41) is 7.40. The van der Waals surface area contributed by atoms with Gasteiger partial charge in [0.2, 0.25) is 11.8 Å². The number of thiophene rings is 1. The molecule has 6 N–H and O–H groups in total. The van der Waals surface area contributed by atoms with Crippen molar-refractivity contribution in [2.24, 2.45) is 11.5 Å². The summed E-state index contributed by atoms with van der Waals surface area (Å²) in [6.45, 7) is 1.39. The normalized spacial score (nSPS) is 18.2. The van der Waals surface area contributed by atoms with Gasteiger partial charge in [-0.25, -0.2) is 4.79 Å². The van der Waals surface area contributed by atoms with Crippen LogP contribution in [0.25, 0.3) is 0 Å². The highest BCUT2D eigenvalue weighted by atomic mass is 32.1. The Balaban J connectivity index is 1.99. The van der Waals surface area contributed by atoms with Crippen LogP contribution in [0.15, 0.2) is 17.5 Å². The van der Waals surface area contributed by atoms with Gasteiger partial charge in [0.25, 0.3) is 0 Å². The fraction of sp³-hybridized carbons (Fsp3) is 0.588. The van der Waals surface area contributed by atoms with Crippen LogP contribution >= 0.6 is 11.3 Å². The molecular formula is C17H27N5O3S. The quantitative estimate of drug-likeness (QED) is 0.528. The van der Waals surface area contributed by atoms with Gasteiger partial charge in [0.1, 0.15) is 0 Å². The largest absolute Gasteiger partial charge is 0.354 e. The number of hydrogen-bond acceptors (Lipinski definition) is 5. The molecule has 0 radical (unpaired) electrons. The summed E-state index contributed by atoms with van der Waals surface area (Å²) in [5.41, 5.74) is 10.6. The maximum absolute atomic E-state index is 12.9. The second kappa shape index (κ2) is 10.1. The predicted octanol–water partition coefficient (Wildman–Crippen LogP) is 0.694. The molecule has 0 bridgehead atoms. The molecule has 1 aliphatic rings. The topological polar surface area (TPSA) is 131 Å². The van der Waals surface area contributed by atoms with Gasteiger partial charge in [0, 0.05) is 37.0 Å². The summed E-state index contributed by atoms with van der Waals surface area (Å²) in [7, 11) is 0. The van der Waals surface area contributed by atoms with Gasteiger partial charge in [-0.2, -0.15) is 0 Å². The number of nitrogens with one attached hydrogen (secondary N) is 2. The number of hydrogen-bond donors (Lipinski definition) is 4. The molecule has 1 saturated heterocycles. The molecular weight excluding hydrogens is 354 g/mol. The molecule has 1 aromatic rings. The van der Waals surface area contributed by atoms with Gasteiger partial charge in [-0.05, 0) is 30.7 Å². The highest BCUT2D eigenvalue weighted by molar-refractivity contribution is 7.10. The molecule has 144 valence electrons. The highest BCUT2D eigenvalue weighted by Gasteiger charge is 2.29. The maximum Gasteiger partial charge on any atom is 0.312 e. The zero-order chi connectivity index (χ0) is 18.9. The van der Waals surface area contributed by atoms with Gasteiger partial charge in [-0.1, -0.05) is 6.07 Å². The van der Waals surface area contributed by atoms with Crippen LogP contribution in [-0.4, -0.2) is 48.4 Å². The zero-order valence-corrected chi connectivity index (χ0v) is 15.6. The molecule has 1 aromatic heterocycles. The first-order valence-electron chi connectivity index (χ1n) is 8.87. The summed E-state index contributed by atoms with van der Waals surface area (Å²) in [6, 6.07) is 2.63. The molecule has 2 unspecified atom stereocenters. The van der Waals surface area contributed by atoms with Crippen molar-refractivity contribution in [3.05, 3.63) is 22.4 Å². The van der Waals surface area contributed by atoms with Gasteiger partial charge < -0.3 is 27.0 Å². The van der Waals surface area contributed by atoms with E-state index >= 15 is 0 Å². The van der Waals surface area contributed by atoms with Gasteiger partial charge in [0.05, 0.1) is 12.5 Å². The van der Waals surface area contributed by atoms with Crippen molar-refractivity contribution in [3.63, 3.8) is 0 Å². The van der Waals surface area contributed by atoms with Crippen LogP contribution in [0.1, 0.15) is 43.0 Å². The zero-order valence-electron chi connectivity index (χ0n) is 14.8. The molecule has 9 heteroatoms. The Bertz CT molecular complexity index is 608. The molecule has 26 heavy (non-hydrogen) atoms. The Hall–Kier alpha value is -2.13. The Morgan fingerprint density at radius 2 is 2.15 bits per heavy atom. The van der Waals surface area contributed by atoms with Crippen LogP contribution < -0.4 is 22.1 Å². The fourth-order valence-corrected chi connectivity index (χ4v) is 3.95. The highest BCUT2D eigenvalue weighted by Crippen LogP contribution is 2.25. The van der Waals surface area contributed by atoms with E-state index in [1.165, 1.54) is 11.3 Å². The standard InChI is InChI=1S/C17H27N5O3S/c18-7-6-15(23)20-11-12-4-1-2-8-22(12)16(24)10-13(21-17(19)25)14-5-3-9-26-14/h3,5,9,12-13H,1-2,4,6-8,10-11,18H2,(H,20,23)(H3,19,21,25). The maximum atomic E-state index is 12.9. The number of amides is 4. The SMILES string of the molecule is NCCC(=O)NCC1CCCCN1C(=O)CC(NC(N)=O)c1cccs1. The molecule has 2 heterocycles. The van der Waals surface area contributed by atoms with Crippen LogP contribution in [0.5, 0.6) is 0 Å². The van der Waals surface area contributed by atoms with E-state index in [9.17, 15) is 14.4 Å². The monoisotopic (exact) mass is 381 g/mol. The molecule has 1 aliphatic heterocycles. The smallest absolute Gasteiger partial charge is 0.312 e. The van der Waals surface area contributed by atoms with E-state index in [4.69, 9.17) is 11.5 Å². The van der Waals surface area contributed by atoms with E-state index in [2.05, 4.69) is 10.6 Å². The summed E-state index contributed by atoms with van der Waals surface area (Å²) >= 11 is 1.47. The van der Waals surface area contributed by atoms with Crippen LogP contribution in [0, 0.1) is 0 Å². The summed E-state index contributed by atoms with van der Waals surface area (Å²) < 4.78 is 0.